The van der Waals surface area contributed by atoms with Crippen LogP contribution >= 0.6 is 0 Å². The third-order valence-corrected chi connectivity index (χ3v) is 4.05. The number of amides is 1. The molecule has 5 nitrogen and oxygen atoms in total. The summed E-state index contributed by atoms with van der Waals surface area (Å²) in [6.07, 6.45) is 1.82. The molecule has 0 spiro atoms. The maximum absolute atomic E-state index is 11.6. The SMILES string of the molecule is CCCCNC(=O)C(C)S(=O)C(C)C(=O)O. The smallest absolute Gasteiger partial charge is 0.319 e. The molecule has 0 saturated heterocycles. The summed E-state index contributed by atoms with van der Waals surface area (Å²) in [6.45, 7) is 5.36. The molecule has 0 aromatic heterocycles. The Balaban J connectivity index is 4.22. The lowest BCUT2D eigenvalue weighted by Crippen LogP contribution is -2.40. The van der Waals surface area contributed by atoms with E-state index in [0.717, 1.165) is 12.8 Å². The lowest BCUT2D eigenvalue weighted by atomic mass is 10.3. The highest BCUT2D eigenvalue weighted by Gasteiger charge is 2.28. The van der Waals surface area contributed by atoms with Gasteiger partial charge in [-0.15, -0.1) is 0 Å². The summed E-state index contributed by atoms with van der Waals surface area (Å²) in [5, 5.41) is 9.50. The number of carboxylic acid groups (broad SMARTS) is 1. The fourth-order valence-corrected chi connectivity index (χ4v) is 2.15. The molecular formula is C10H19NO4S. The number of carboxylic acids is 1. The summed E-state index contributed by atoms with van der Waals surface area (Å²) in [4.78, 5) is 22.1. The molecule has 1 amide bonds. The Morgan fingerprint density at radius 1 is 1.31 bits per heavy atom. The number of hydrogen-bond donors (Lipinski definition) is 2. The zero-order valence-corrected chi connectivity index (χ0v) is 10.7. The van der Waals surface area contributed by atoms with Crippen LogP contribution < -0.4 is 5.32 Å². The molecule has 0 aliphatic rings. The van der Waals surface area contributed by atoms with Crippen molar-refractivity contribution in [2.24, 2.45) is 0 Å². The Bertz CT molecular complexity index is 280. The van der Waals surface area contributed by atoms with E-state index < -0.39 is 27.3 Å². The summed E-state index contributed by atoms with van der Waals surface area (Å²) in [5.41, 5.74) is 0. The fraction of sp³-hybridized carbons (Fsp3) is 0.800. The molecule has 3 atom stereocenters. The second kappa shape index (κ2) is 7.38. The van der Waals surface area contributed by atoms with Gasteiger partial charge in [0.25, 0.3) is 0 Å². The van der Waals surface area contributed by atoms with Gasteiger partial charge in [0.15, 0.2) is 0 Å². The van der Waals surface area contributed by atoms with E-state index in [-0.39, 0.29) is 5.91 Å². The normalized spacial score (nSPS) is 16.2. The van der Waals surface area contributed by atoms with Gasteiger partial charge in [-0.2, -0.15) is 0 Å². The second-order valence-electron chi connectivity index (χ2n) is 3.60. The topological polar surface area (TPSA) is 83.5 Å². The van der Waals surface area contributed by atoms with Crippen LogP contribution in [-0.4, -0.2) is 38.2 Å². The first-order chi connectivity index (χ1) is 7.41. The minimum absolute atomic E-state index is 0.347. The van der Waals surface area contributed by atoms with E-state index in [9.17, 15) is 13.8 Å². The fourth-order valence-electron chi connectivity index (χ4n) is 1.04. The lowest BCUT2D eigenvalue weighted by molar-refractivity contribution is -0.136. The highest BCUT2D eigenvalue weighted by molar-refractivity contribution is 7.87. The Morgan fingerprint density at radius 2 is 1.88 bits per heavy atom. The minimum atomic E-state index is -1.69. The predicted octanol–water partition coefficient (Wildman–Crippen LogP) is 0.513. The first kappa shape index (κ1) is 15.1. The molecule has 0 radical (unpaired) electrons. The van der Waals surface area contributed by atoms with Crippen LogP contribution in [0.1, 0.15) is 33.6 Å². The quantitative estimate of drug-likeness (QED) is 0.644. The van der Waals surface area contributed by atoms with Gasteiger partial charge >= 0.3 is 5.97 Å². The summed E-state index contributed by atoms with van der Waals surface area (Å²) in [6, 6.07) is 0. The molecule has 94 valence electrons. The molecular weight excluding hydrogens is 230 g/mol. The Labute approximate surface area is 98.1 Å². The van der Waals surface area contributed by atoms with Gasteiger partial charge < -0.3 is 10.4 Å². The van der Waals surface area contributed by atoms with Crippen molar-refractivity contribution in [1.82, 2.24) is 5.32 Å². The van der Waals surface area contributed by atoms with Gasteiger partial charge in [0, 0.05) is 17.3 Å². The molecule has 0 aromatic rings. The van der Waals surface area contributed by atoms with Crippen molar-refractivity contribution in [2.75, 3.05) is 6.54 Å². The van der Waals surface area contributed by atoms with Gasteiger partial charge in [-0.25, -0.2) is 0 Å². The molecule has 0 rings (SSSR count). The van der Waals surface area contributed by atoms with Crippen LogP contribution in [0.25, 0.3) is 0 Å². The summed E-state index contributed by atoms with van der Waals surface area (Å²) in [5.74, 6) is -1.49. The van der Waals surface area contributed by atoms with Crippen LogP contribution in [0.4, 0.5) is 0 Å². The van der Waals surface area contributed by atoms with Crippen molar-refractivity contribution in [3.63, 3.8) is 0 Å². The predicted molar refractivity (Wildman–Crippen MR) is 62.6 cm³/mol. The van der Waals surface area contributed by atoms with Crippen LogP contribution in [0.2, 0.25) is 0 Å². The van der Waals surface area contributed by atoms with Crippen molar-refractivity contribution in [3.8, 4) is 0 Å². The van der Waals surface area contributed by atoms with Crippen molar-refractivity contribution in [1.29, 1.82) is 0 Å². The zero-order valence-electron chi connectivity index (χ0n) is 9.86. The molecule has 0 aromatic carbocycles. The highest BCUT2D eigenvalue weighted by Crippen LogP contribution is 2.04. The standard InChI is InChI=1S/C10H19NO4S/c1-4-5-6-11-9(12)7(2)16(15)8(3)10(13)14/h7-8H,4-6H2,1-3H3,(H,11,12)(H,13,14). The monoisotopic (exact) mass is 249 g/mol. The molecule has 0 aliphatic heterocycles. The Kier molecular flexibility index (Phi) is 6.96. The minimum Gasteiger partial charge on any atom is -0.480 e. The first-order valence-electron chi connectivity index (χ1n) is 5.31. The van der Waals surface area contributed by atoms with E-state index in [1.165, 1.54) is 13.8 Å². The van der Waals surface area contributed by atoms with Gasteiger partial charge in [0.05, 0.1) is 0 Å². The average molecular weight is 249 g/mol. The lowest BCUT2D eigenvalue weighted by Gasteiger charge is -2.14. The molecule has 0 bridgehead atoms. The van der Waals surface area contributed by atoms with Gasteiger partial charge in [-0.1, -0.05) is 13.3 Å². The molecule has 0 aliphatic carbocycles. The van der Waals surface area contributed by atoms with E-state index in [0.29, 0.717) is 6.54 Å². The maximum atomic E-state index is 11.6. The summed E-state index contributed by atoms with van der Waals surface area (Å²) < 4.78 is 11.6. The van der Waals surface area contributed by atoms with Crippen LogP contribution in [0.15, 0.2) is 0 Å². The molecule has 0 saturated carbocycles. The van der Waals surface area contributed by atoms with Crippen LogP contribution in [0.3, 0.4) is 0 Å². The van der Waals surface area contributed by atoms with E-state index >= 15 is 0 Å². The van der Waals surface area contributed by atoms with Crippen LogP contribution in [0.5, 0.6) is 0 Å². The highest BCUT2D eigenvalue weighted by atomic mass is 32.2. The first-order valence-corrected chi connectivity index (χ1v) is 6.59. The molecule has 3 unspecified atom stereocenters. The molecule has 0 fully saturated rings. The molecule has 6 heteroatoms. The molecule has 2 N–H and O–H groups in total. The van der Waals surface area contributed by atoms with Crippen LogP contribution in [0, 0.1) is 0 Å². The van der Waals surface area contributed by atoms with Crippen molar-refractivity contribution >= 4 is 22.7 Å². The molecule has 0 heterocycles. The van der Waals surface area contributed by atoms with E-state index in [1.54, 1.807) is 0 Å². The number of hydrogen-bond acceptors (Lipinski definition) is 3. The summed E-state index contributed by atoms with van der Waals surface area (Å²) in [7, 11) is -1.69. The number of carbonyl (C=O) groups is 2. The average Bonchev–Trinajstić information content (AvgIpc) is 2.26. The number of aliphatic carboxylic acids is 1. The van der Waals surface area contributed by atoms with E-state index in [2.05, 4.69) is 5.32 Å². The van der Waals surface area contributed by atoms with E-state index in [1.807, 2.05) is 6.92 Å². The Hall–Kier alpha value is -0.910. The third-order valence-electron chi connectivity index (χ3n) is 2.24. The zero-order chi connectivity index (χ0) is 12.7. The number of rotatable bonds is 7. The Morgan fingerprint density at radius 3 is 2.31 bits per heavy atom. The third kappa shape index (κ3) is 4.74. The van der Waals surface area contributed by atoms with Gasteiger partial charge in [-0.3, -0.25) is 13.8 Å². The number of nitrogens with one attached hydrogen (secondary N) is 1. The summed E-state index contributed by atoms with van der Waals surface area (Å²) >= 11 is 0. The van der Waals surface area contributed by atoms with Crippen molar-refractivity contribution in [3.05, 3.63) is 0 Å². The molecule has 16 heavy (non-hydrogen) atoms. The van der Waals surface area contributed by atoms with Crippen molar-refractivity contribution < 1.29 is 18.9 Å². The number of carbonyl (C=O) groups excluding carboxylic acids is 1. The van der Waals surface area contributed by atoms with Crippen LogP contribution in [-0.2, 0) is 20.4 Å². The van der Waals surface area contributed by atoms with Gasteiger partial charge in [0.1, 0.15) is 10.5 Å². The van der Waals surface area contributed by atoms with Gasteiger partial charge in [-0.05, 0) is 20.3 Å². The number of unbranched alkanes of at least 4 members (excludes halogenated alkanes) is 1. The van der Waals surface area contributed by atoms with Crippen molar-refractivity contribution in [2.45, 2.75) is 44.1 Å². The van der Waals surface area contributed by atoms with Gasteiger partial charge in [0.2, 0.25) is 5.91 Å². The largest absolute Gasteiger partial charge is 0.480 e. The maximum Gasteiger partial charge on any atom is 0.319 e. The second-order valence-corrected chi connectivity index (χ2v) is 5.67. The van der Waals surface area contributed by atoms with E-state index in [4.69, 9.17) is 5.11 Å².